The fourth-order valence-corrected chi connectivity index (χ4v) is 5.49. The van der Waals surface area contributed by atoms with Crippen LogP contribution in [0.15, 0.2) is 0 Å². The highest BCUT2D eigenvalue weighted by molar-refractivity contribution is 5.75. The number of carbonyl (C=O) groups excluding carboxylic acids is 2. The van der Waals surface area contributed by atoms with Gasteiger partial charge in [0.25, 0.3) is 0 Å². The first-order valence-electron chi connectivity index (χ1n) is 10.8. The second-order valence-electron chi connectivity index (χ2n) is 9.03. The van der Waals surface area contributed by atoms with Gasteiger partial charge >= 0.3 is 11.9 Å². The molecule has 148 valence electrons. The Morgan fingerprint density at radius 3 is 1.92 bits per heavy atom. The van der Waals surface area contributed by atoms with Crippen LogP contribution in [0.2, 0.25) is 0 Å². The predicted molar refractivity (Wildman–Crippen MR) is 100 cm³/mol. The van der Waals surface area contributed by atoms with Gasteiger partial charge in [-0.3, -0.25) is 9.59 Å². The number of ether oxygens (including phenoxy) is 2. The maximum atomic E-state index is 11.3. The zero-order valence-electron chi connectivity index (χ0n) is 16.9. The third kappa shape index (κ3) is 3.94. The summed E-state index contributed by atoms with van der Waals surface area (Å²) in [4.78, 5) is 22.6. The SMILES string of the molecule is CCC1CCC2C(C1)OC(=O)C2C.CCC1CCC2OC(=O)C(C)C2C1. The third-order valence-electron chi connectivity index (χ3n) is 7.61. The van der Waals surface area contributed by atoms with Crippen molar-refractivity contribution in [2.45, 2.75) is 91.3 Å². The molecule has 4 heteroatoms. The molecule has 0 amide bonds. The van der Waals surface area contributed by atoms with Gasteiger partial charge in [0.15, 0.2) is 0 Å². The molecule has 0 N–H and O–H groups in total. The van der Waals surface area contributed by atoms with Crippen molar-refractivity contribution in [3.8, 4) is 0 Å². The monoisotopic (exact) mass is 364 g/mol. The van der Waals surface area contributed by atoms with Gasteiger partial charge in [0.05, 0.1) is 11.8 Å². The van der Waals surface area contributed by atoms with Crippen LogP contribution >= 0.6 is 0 Å². The molecule has 8 unspecified atom stereocenters. The molecule has 2 saturated heterocycles. The minimum absolute atomic E-state index is 0.0340. The minimum Gasteiger partial charge on any atom is -0.462 e. The molecule has 0 radical (unpaired) electrons. The maximum absolute atomic E-state index is 11.3. The molecule has 0 aromatic carbocycles. The fraction of sp³-hybridized carbons (Fsp3) is 0.909. The summed E-state index contributed by atoms with van der Waals surface area (Å²) in [5.74, 6) is 3.04. The predicted octanol–water partition coefficient (Wildman–Crippen LogP) is 4.75. The van der Waals surface area contributed by atoms with Crippen LogP contribution in [0.5, 0.6) is 0 Å². The summed E-state index contributed by atoms with van der Waals surface area (Å²) >= 11 is 0. The Labute approximate surface area is 158 Å². The van der Waals surface area contributed by atoms with Gasteiger partial charge in [-0.2, -0.15) is 0 Å². The summed E-state index contributed by atoms with van der Waals surface area (Å²) in [5, 5.41) is 0. The van der Waals surface area contributed by atoms with Crippen LogP contribution in [-0.4, -0.2) is 24.1 Å². The molecule has 2 saturated carbocycles. The van der Waals surface area contributed by atoms with E-state index in [4.69, 9.17) is 9.47 Å². The first kappa shape index (κ1) is 19.7. The first-order valence-corrected chi connectivity index (χ1v) is 10.8. The van der Waals surface area contributed by atoms with E-state index in [0.29, 0.717) is 11.8 Å². The van der Waals surface area contributed by atoms with Crippen molar-refractivity contribution < 1.29 is 19.1 Å². The number of carbonyl (C=O) groups is 2. The number of esters is 2. The quantitative estimate of drug-likeness (QED) is 0.664. The second-order valence-corrected chi connectivity index (χ2v) is 9.03. The van der Waals surface area contributed by atoms with Gasteiger partial charge < -0.3 is 9.47 Å². The van der Waals surface area contributed by atoms with E-state index in [1.165, 1.54) is 38.5 Å². The Bertz CT molecular complexity index is 514. The summed E-state index contributed by atoms with van der Waals surface area (Å²) in [6.07, 6.45) is 10.1. The molecule has 26 heavy (non-hydrogen) atoms. The van der Waals surface area contributed by atoms with Crippen LogP contribution in [-0.2, 0) is 19.1 Å². The van der Waals surface area contributed by atoms with Gasteiger partial charge in [-0.1, -0.05) is 40.5 Å². The molecular formula is C22H36O4. The minimum atomic E-state index is 0.0340. The molecule has 2 aliphatic heterocycles. The van der Waals surface area contributed by atoms with E-state index in [1.807, 2.05) is 13.8 Å². The number of rotatable bonds is 2. The molecular weight excluding hydrogens is 328 g/mol. The van der Waals surface area contributed by atoms with Crippen LogP contribution in [0.1, 0.15) is 79.1 Å². The van der Waals surface area contributed by atoms with E-state index in [2.05, 4.69) is 13.8 Å². The summed E-state index contributed by atoms with van der Waals surface area (Å²) < 4.78 is 10.7. The standard InChI is InChI=1S/2C11H18O2/c1-3-8-4-5-10-9(6-8)7(2)11(12)13-10;1-3-8-4-5-9-7(2)11(12)13-10(9)6-8/h2*7-10H,3-6H2,1-2H3. The highest BCUT2D eigenvalue weighted by atomic mass is 16.6. The van der Waals surface area contributed by atoms with E-state index in [-0.39, 0.29) is 36.0 Å². The summed E-state index contributed by atoms with van der Waals surface area (Å²) in [5.41, 5.74) is 0. The lowest BCUT2D eigenvalue weighted by atomic mass is 9.75. The molecule has 2 aliphatic carbocycles. The second kappa shape index (κ2) is 8.31. The molecule has 2 heterocycles. The van der Waals surface area contributed by atoms with E-state index in [9.17, 15) is 9.59 Å². The lowest BCUT2D eigenvalue weighted by Crippen LogP contribution is -2.28. The van der Waals surface area contributed by atoms with Crippen LogP contribution < -0.4 is 0 Å². The van der Waals surface area contributed by atoms with Gasteiger partial charge in [-0.15, -0.1) is 0 Å². The van der Waals surface area contributed by atoms with Crippen molar-refractivity contribution in [2.75, 3.05) is 0 Å². The fourth-order valence-electron chi connectivity index (χ4n) is 5.49. The Morgan fingerprint density at radius 1 is 0.731 bits per heavy atom. The van der Waals surface area contributed by atoms with E-state index >= 15 is 0 Å². The van der Waals surface area contributed by atoms with Gasteiger partial charge in [-0.25, -0.2) is 0 Å². The Morgan fingerprint density at radius 2 is 1.27 bits per heavy atom. The Balaban J connectivity index is 0.000000151. The normalized spacial score (nSPS) is 44.3. The molecule has 0 aromatic heterocycles. The molecule has 4 rings (SSSR count). The van der Waals surface area contributed by atoms with Crippen molar-refractivity contribution in [1.29, 1.82) is 0 Å². The van der Waals surface area contributed by atoms with Gasteiger partial charge in [-0.05, 0) is 50.4 Å². The Kier molecular flexibility index (Phi) is 6.29. The molecule has 8 atom stereocenters. The van der Waals surface area contributed by atoms with Crippen molar-refractivity contribution in [3.05, 3.63) is 0 Å². The van der Waals surface area contributed by atoms with Crippen LogP contribution in [0.4, 0.5) is 0 Å². The highest BCUT2D eigenvalue weighted by Gasteiger charge is 2.45. The van der Waals surface area contributed by atoms with E-state index in [0.717, 1.165) is 24.7 Å². The molecule has 0 aromatic rings. The molecule has 4 aliphatic rings. The smallest absolute Gasteiger partial charge is 0.309 e. The summed E-state index contributed by atoms with van der Waals surface area (Å²) in [6, 6.07) is 0. The molecule has 4 fully saturated rings. The van der Waals surface area contributed by atoms with Crippen molar-refractivity contribution in [3.63, 3.8) is 0 Å². The highest BCUT2D eigenvalue weighted by Crippen LogP contribution is 2.42. The average Bonchev–Trinajstić information content (AvgIpc) is 3.10. The van der Waals surface area contributed by atoms with Gasteiger partial charge in [0.1, 0.15) is 12.2 Å². The zero-order chi connectivity index (χ0) is 18.8. The first-order chi connectivity index (χ1) is 12.4. The third-order valence-corrected chi connectivity index (χ3v) is 7.61. The number of hydrogen-bond acceptors (Lipinski definition) is 4. The van der Waals surface area contributed by atoms with Crippen LogP contribution in [0.3, 0.4) is 0 Å². The van der Waals surface area contributed by atoms with Crippen LogP contribution in [0, 0.1) is 35.5 Å². The van der Waals surface area contributed by atoms with E-state index in [1.54, 1.807) is 0 Å². The number of hydrogen-bond donors (Lipinski definition) is 0. The average molecular weight is 365 g/mol. The van der Waals surface area contributed by atoms with Gasteiger partial charge in [0.2, 0.25) is 0 Å². The molecule has 0 bridgehead atoms. The number of fused-ring (bicyclic) bond motifs is 2. The lowest BCUT2D eigenvalue weighted by Gasteiger charge is -2.30. The topological polar surface area (TPSA) is 52.6 Å². The van der Waals surface area contributed by atoms with Crippen molar-refractivity contribution >= 4 is 11.9 Å². The maximum Gasteiger partial charge on any atom is 0.309 e. The van der Waals surface area contributed by atoms with Crippen molar-refractivity contribution in [2.24, 2.45) is 35.5 Å². The summed E-state index contributed by atoms with van der Waals surface area (Å²) in [6.45, 7) is 8.50. The summed E-state index contributed by atoms with van der Waals surface area (Å²) in [7, 11) is 0. The van der Waals surface area contributed by atoms with Crippen molar-refractivity contribution in [1.82, 2.24) is 0 Å². The Hall–Kier alpha value is -1.06. The van der Waals surface area contributed by atoms with Gasteiger partial charge in [0, 0.05) is 11.8 Å². The molecule has 0 spiro atoms. The largest absolute Gasteiger partial charge is 0.462 e. The lowest BCUT2D eigenvalue weighted by molar-refractivity contribution is -0.145. The van der Waals surface area contributed by atoms with E-state index < -0.39 is 0 Å². The zero-order valence-corrected chi connectivity index (χ0v) is 16.9. The molecule has 4 nitrogen and oxygen atoms in total. The van der Waals surface area contributed by atoms with Crippen LogP contribution in [0.25, 0.3) is 0 Å².